The SMILES string of the molecule is CCn1nnc(C2OC(n3cnc4c(N)nc(N[C@H](CO)Cc5ccccc5)nc43)C(O)C2O)n1.O=C(O)C=CC(=O)O. The van der Waals surface area contributed by atoms with Crippen molar-refractivity contribution in [1.29, 1.82) is 0 Å². The zero-order valence-corrected chi connectivity index (χ0v) is 22.7. The zero-order valence-electron chi connectivity index (χ0n) is 22.7. The van der Waals surface area contributed by atoms with Gasteiger partial charge in [0.1, 0.15) is 17.7 Å². The van der Waals surface area contributed by atoms with Crippen LogP contribution in [0, 0.1) is 0 Å². The first kappa shape index (κ1) is 30.9. The summed E-state index contributed by atoms with van der Waals surface area (Å²) in [6.07, 6.45) is -1.57. The Morgan fingerprint density at radius 2 is 1.81 bits per heavy atom. The molecule has 4 unspecified atom stereocenters. The van der Waals surface area contributed by atoms with Crippen LogP contribution in [0.15, 0.2) is 48.8 Å². The topological polar surface area (TPSA) is 270 Å². The zero-order chi connectivity index (χ0) is 31.1. The molecule has 5 atom stereocenters. The minimum Gasteiger partial charge on any atom is -0.478 e. The van der Waals surface area contributed by atoms with Crippen LogP contribution >= 0.6 is 0 Å². The second kappa shape index (κ2) is 13.7. The van der Waals surface area contributed by atoms with Crippen LogP contribution in [-0.4, -0.2) is 102 Å². The van der Waals surface area contributed by atoms with Crippen molar-refractivity contribution in [2.45, 2.75) is 50.5 Å². The van der Waals surface area contributed by atoms with Crippen LogP contribution < -0.4 is 11.1 Å². The second-order valence-corrected chi connectivity index (χ2v) is 9.24. The number of aliphatic carboxylic acids is 2. The number of ether oxygens (including phenoxy) is 1. The first-order chi connectivity index (χ1) is 20.6. The highest BCUT2D eigenvalue weighted by Crippen LogP contribution is 2.38. The summed E-state index contributed by atoms with van der Waals surface area (Å²) in [4.78, 5) is 33.5. The normalized spacial score (nSPS) is 20.6. The largest absolute Gasteiger partial charge is 0.478 e. The lowest BCUT2D eigenvalue weighted by atomic mass is 10.1. The lowest BCUT2D eigenvalue weighted by Crippen LogP contribution is -2.29. The number of carbonyl (C=O) groups is 2. The fraction of sp³-hybridized carbons (Fsp3) is 0.360. The highest BCUT2D eigenvalue weighted by Gasteiger charge is 2.47. The van der Waals surface area contributed by atoms with E-state index in [1.54, 1.807) is 0 Å². The Morgan fingerprint density at radius 1 is 1.12 bits per heavy atom. The summed E-state index contributed by atoms with van der Waals surface area (Å²) < 4.78 is 7.40. The van der Waals surface area contributed by atoms with Crippen LogP contribution in [0.1, 0.15) is 30.6 Å². The van der Waals surface area contributed by atoms with Gasteiger partial charge in [-0.05, 0) is 24.1 Å². The minimum atomic E-state index is -1.32. The van der Waals surface area contributed by atoms with Gasteiger partial charge in [-0.3, -0.25) is 4.57 Å². The predicted molar refractivity (Wildman–Crippen MR) is 147 cm³/mol. The first-order valence-corrected chi connectivity index (χ1v) is 13.0. The van der Waals surface area contributed by atoms with Crippen molar-refractivity contribution in [3.05, 3.63) is 60.2 Å². The number of aromatic nitrogens is 8. The number of carboxylic acids is 2. The molecule has 18 heteroatoms. The number of aliphatic hydroxyl groups is 3. The summed E-state index contributed by atoms with van der Waals surface area (Å²) in [5, 5.41) is 61.9. The maximum absolute atomic E-state index is 10.7. The fourth-order valence-electron chi connectivity index (χ4n) is 4.18. The van der Waals surface area contributed by atoms with E-state index in [4.69, 9.17) is 20.7 Å². The van der Waals surface area contributed by atoms with Gasteiger partial charge in [-0.2, -0.15) is 14.8 Å². The highest BCUT2D eigenvalue weighted by atomic mass is 16.6. The Balaban J connectivity index is 0.000000467. The van der Waals surface area contributed by atoms with Crippen molar-refractivity contribution < 1.29 is 39.9 Å². The van der Waals surface area contributed by atoms with Crippen LogP contribution in [0.4, 0.5) is 11.8 Å². The van der Waals surface area contributed by atoms with Crippen molar-refractivity contribution >= 4 is 34.9 Å². The molecule has 8 N–H and O–H groups in total. The molecule has 0 spiro atoms. The molecule has 0 radical (unpaired) electrons. The number of aryl methyl sites for hydroxylation is 1. The average Bonchev–Trinajstić information content (AvgIpc) is 3.71. The lowest BCUT2D eigenvalue weighted by molar-refractivity contribution is -0.134. The molecule has 18 nitrogen and oxygen atoms in total. The van der Waals surface area contributed by atoms with Gasteiger partial charge in [-0.15, -0.1) is 10.2 Å². The molecule has 1 aromatic carbocycles. The van der Waals surface area contributed by atoms with Crippen molar-refractivity contribution in [2.24, 2.45) is 0 Å². The Labute approximate surface area is 243 Å². The van der Waals surface area contributed by atoms with E-state index in [-0.39, 0.29) is 30.2 Å². The monoisotopic (exact) mass is 598 g/mol. The van der Waals surface area contributed by atoms with E-state index in [2.05, 4.69) is 35.7 Å². The van der Waals surface area contributed by atoms with Gasteiger partial charge in [0.2, 0.25) is 11.8 Å². The molecule has 228 valence electrons. The Kier molecular flexibility index (Phi) is 9.88. The Bertz CT molecular complexity index is 1560. The van der Waals surface area contributed by atoms with E-state index in [1.807, 2.05) is 37.3 Å². The predicted octanol–water partition coefficient (Wildman–Crippen LogP) is -0.866. The minimum absolute atomic E-state index is 0.116. The number of nitrogens with zero attached hydrogens (tertiary/aromatic N) is 8. The molecule has 1 aliphatic heterocycles. The number of carboxylic acid groups (broad SMARTS) is 2. The number of nitrogens with two attached hydrogens (primary N) is 1. The van der Waals surface area contributed by atoms with Crippen molar-refractivity contribution in [3.63, 3.8) is 0 Å². The molecule has 1 saturated heterocycles. The van der Waals surface area contributed by atoms with E-state index in [9.17, 15) is 24.9 Å². The Hall–Kier alpha value is -5.04. The molecule has 5 rings (SSSR count). The van der Waals surface area contributed by atoms with Gasteiger partial charge >= 0.3 is 11.9 Å². The third kappa shape index (κ3) is 7.43. The van der Waals surface area contributed by atoms with Crippen LogP contribution in [-0.2, 0) is 27.3 Å². The van der Waals surface area contributed by atoms with Gasteiger partial charge in [0.05, 0.1) is 25.5 Å². The summed E-state index contributed by atoms with van der Waals surface area (Å²) in [5.74, 6) is -2.05. The molecule has 0 amide bonds. The van der Waals surface area contributed by atoms with Crippen LogP contribution in [0.3, 0.4) is 0 Å². The standard InChI is InChI=1S/C21H26N10O4.C4H4O4/c1-2-31-28-18(27-29-31)16-14(33)15(34)20(35-16)30-10-23-13-17(22)25-21(26-19(13)30)24-12(9-32)8-11-6-4-3-5-7-11;5-3(6)1-2-4(7)8/h3-7,10,12,14-16,20,32-34H,2,8-9H2,1H3,(H3,22,24,25,26);1-2H,(H,5,6)(H,7,8)/t12-,14?,15?,16?,20?;/m0./s1. The number of anilines is 2. The average molecular weight is 599 g/mol. The molecular formula is C25H30N10O8. The summed E-state index contributed by atoms with van der Waals surface area (Å²) in [6, 6.07) is 9.34. The molecule has 0 bridgehead atoms. The molecule has 1 aliphatic rings. The van der Waals surface area contributed by atoms with Gasteiger partial charge in [0.25, 0.3) is 0 Å². The number of aliphatic hydroxyl groups excluding tert-OH is 3. The molecule has 1 fully saturated rings. The van der Waals surface area contributed by atoms with Crippen LogP contribution in [0.2, 0.25) is 0 Å². The quantitative estimate of drug-likeness (QED) is 0.109. The maximum atomic E-state index is 10.7. The van der Waals surface area contributed by atoms with Crippen molar-refractivity contribution in [3.8, 4) is 0 Å². The fourth-order valence-corrected chi connectivity index (χ4v) is 4.18. The highest BCUT2D eigenvalue weighted by molar-refractivity contribution is 5.89. The summed E-state index contributed by atoms with van der Waals surface area (Å²) in [6.45, 7) is 2.20. The van der Waals surface area contributed by atoms with Gasteiger partial charge in [-0.25, -0.2) is 14.6 Å². The third-order valence-electron chi connectivity index (χ3n) is 6.21. The van der Waals surface area contributed by atoms with Crippen LogP contribution in [0.25, 0.3) is 11.2 Å². The molecular weight excluding hydrogens is 568 g/mol. The third-order valence-corrected chi connectivity index (χ3v) is 6.21. The smallest absolute Gasteiger partial charge is 0.328 e. The number of nitrogen functional groups attached to an aromatic ring is 1. The van der Waals surface area contributed by atoms with Gasteiger partial charge in [0.15, 0.2) is 23.8 Å². The molecule has 4 aromatic rings. The maximum Gasteiger partial charge on any atom is 0.328 e. The number of hydrogen-bond donors (Lipinski definition) is 7. The van der Waals surface area contributed by atoms with E-state index in [0.717, 1.165) is 5.56 Å². The number of tetrazole rings is 1. The number of nitrogens with one attached hydrogen (secondary N) is 1. The number of benzene rings is 1. The first-order valence-electron chi connectivity index (χ1n) is 13.0. The number of imidazole rings is 1. The van der Waals surface area contributed by atoms with Crippen molar-refractivity contribution in [1.82, 2.24) is 39.7 Å². The van der Waals surface area contributed by atoms with Crippen LogP contribution in [0.5, 0.6) is 0 Å². The van der Waals surface area contributed by atoms with Crippen molar-refractivity contribution in [2.75, 3.05) is 17.7 Å². The number of hydrogen-bond acceptors (Lipinski definition) is 14. The van der Waals surface area contributed by atoms with Gasteiger partial charge in [-0.1, -0.05) is 30.3 Å². The molecule has 0 aliphatic carbocycles. The van der Waals surface area contributed by atoms with E-state index < -0.39 is 36.5 Å². The van der Waals surface area contributed by atoms with Gasteiger partial charge < -0.3 is 41.3 Å². The van der Waals surface area contributed by atoms with E-state index in [1.165, 1.54) is 15.7 Å². The van der Waals surface area contributed by atoms with E-state index in [0.29, 0.717) is 36.3 Å². The molecule has 0 saturated carbocycles. The van der Waals surface area contributed by atoms with Gasteiger partial charge in [0, 0.05) is 12.2 Å². The number of fused-ring (bicyclic) bond motifs is 1. The second-order valence-electron chi connectivity index (χ2n) is 9.24. The summed E-state index contributed by atoms with van der Waals surface area (Å²) in [5.41, 5.74) is 7.76. The lowest BCUT2D eigenvalue weighted by Gasteiger charge is -2.18. The molecule has 3 aromatic heterocycles. The summed E-state index contributed by atoms with van der Waals surface area (Å²) >= 11 is 0. The molecule has 43 heavy (non-hydrogen) atoms. The molecule has 4 heterocycles. The Morgan fingerprint density at radius 3 is 2.42 bits per heavy atom. The number of rotatable bonds is 10. The summed E-state index contributed by atoms with van der Waals surface area (Å²) in [7, 11) is 0. The van der Waals surface area contributed by atoms with E-state index >= 15 is 0 Å².